The Labute approximate surface area is 271 Å². The molecule has 12 heteroatoms. The number of nitrogens with one attached hydrogen (secondary N) is 1. The zero-order chi connectivity index (χ0) is 34.1. The minimum atomic E-state index is -3.91. The molecular formula is C32H57N3O7S2. The summed E-state index contributed by atoms with van der Waals surface area (Å²) in [6.45, 7) is 14.0. The van der Waals surface area contributed by atoms with Crippen LogP contribution in [0.3, 0.4) is 0 Å². The van der Waals surface area contributed by atoms with Gasteiger partial charge in [-0.1, -0.05) is 71.4 Å². The van der Waals surface area contributed by atoms with Crippen molar-refractivity contribution in [3.05, 3.63) is 60.2 Å². The van der Waals surface area contributed by atoms with E-state index >= 15 is 0 Å². The first-order chi connectivity index (χ1) is 20.9. The summed E-state index contributed by atoms with van der Waals surface area (Å²) in [5.74, 6) is 0.876. The summed E-state index contributed by atoms with van der Waals surface area (Å²) in [6, 6.07) is 14.1. The quantitative estimate of drug-likeness (QED) is 0.142. The summed E-state index contributed by atoms with van der Waals surface area (Å²) in [7, 11) is -3.91. The van der Waals surface area contributed by atoms with Gasteiger partial charge in [0.05, 0.1) is 17.0 Å². The van der Waals surface area contributed by atoms with Gasteiger partial charge in [-0.2, -0.15) is 16.9 Å². The number of amides is 1. The SMILES string of the molecule is CC.CC1CCOC1.CCC(C)CN(CC(O)C(Cc1ccccc1)NC(=O)O)S(=O)(=O)c1ccc(N)cc1.CCO.CS. The Morgan fingerprint density at radius 2 is 1.64 bits per heavy atom. The summed E-state index contributed by atoms with van der Waals surface area (Å²) in [5.41, 5.74) is 6.95. The van der Waals surface area contributed by atoms with Crippen LogP contribution >= 0.6 is 12.6 Å². The Morgan fingerprint density at radius 3 is 2.05 bits per heavy atom. The van der Waals surface area contributed by atoms with Crippen LogP contribution in [0.5, 0.6) is 0 Å². The van der Waals surface area contributed by atoms with Gasteiger partial charge in [0, 0.05) is 38.6 Å². The van der Waals surface area contributed by atoms with E-state index in [0.717, 1.165) is 31.1 Å². The number of carboxylic acid groups (broad SMARTS) is 1. The molecule has 10 nitrogen and oxygen atoms in total. The lowest BCUT2D eigenvalue weighted by Crippen LogP contribution is -2.50. The van der Waals surface area contributed by atoms with Crippen LogP contribution in [0.25, 0.3) is 0 Å². The number of hydrogen-bond donors (Lipinski definition) is 6. The van der Waals surface area contributed by atoms with E-state index < -0.39 is 28.3 Å². The molecule has 4 unspecified atom stereocenters. The molecule has 0 radical (unpaired) electrons. The molecular weight excluding hydrogens is 603 g/mol. The van der Waals surface area contributed by atoms with Crippen LogP contribution in [0.4, 0.5) is 10.5 Å². The second-order valence-corrected chi connectivity index (χ2v) is 11.9. The molecule has 1 fully saturated rings. The van der Waals surface area contributed by atoms with Crippen LogP contribution in [-0.4, -0.2) is 85.4 Å². The Morgan fingerprint density at radius 1 is 1.09 bits per heavy atom. The fourth-order valence-corrected chi connectivity index (χ4v) is 5.41. The maximum absolute atomic E-state index is 13.3. The molecule has 0 saturated carbocycles. The van der Waals surface area contributed by atoms with Gasteiger partial charge in [-0.25, -0.2) is 13.2 Å². The number of sulfonamides is 1. The second kappa shape index (κ2) is 25.9. The average molecular weight is 660 g/mol. The van der Waals surface area contributed by atoms with Gasteiger partial charge in [0.15, 0.2) is 0 Å². The van der Waals surface area contributed by atoms with Gasteiger partial charge in [0.25, 0.3) is 0 Å². The summed E-state index contributed by atoms with van der Waals surface area (Å²) in [4.78, 5) is 11.4. The molecule has 1 aliphatic rings. The molecule has 0 spiro atoms. The highest BCUT2D eigenvalue weighted by Crippen LogP contribution is 2.21. The molecule has 0 aromatic heterocycles. The lowest BCUT2D eigenvalue weighted by molar-refractivity contribution is 0.0974. The molecule has 254 valence electrons. The summed E-state index contributed by atoms with van der Waals surface area (Å²) < 4.78 is 32.8. The summed E-state index contributed by atoms with van der Waals surface area (Å²) in [6.07, 6.45) is 1.41. The van der Waals surface area contributed by atoms with Gasteiger partial charge >= 0.3 is 6.09 Å². The number of nitrogens with two attached hydrogens (primary N) is 1. The molecule has 0 bridgehead atoms. The van der Waals surface area contributed by atoms with Crippen LogP contribution in [0.1, 0.15) is 59.9 Å². The van der Waals surface area contributed by atoms with E-state index in [0.29, 0.717) is 5.69 Å². The minimum Gasteiger partial charge on any atom is -0.465 e. The smallest absolute Gasteiger partial charge is 0.404 e. The standard InChI is InChI=1S/C22H31N3O5S.C5H10O.C2H6O.C2H6.CH4S/c1-3-16(2)14-25(31(29,30)19-11-9-18(23)10-12-19)15-21(26)20(24-22(27)28)13-17-7-5-4-6-8-17;1-5-2-3-6-4-5;1-2-3;2*1-2/h4-12,16,20-21,24,26H,3,13-15,23H2,1-2H3,(H,27,28);5H,2-4H2,1H3;3H,2H2,1H3;1-2H3;2H,1H3. The molecule has 1 saturated heterocycles. The van der Waals surface area contributed by atoms with E-state index in [2.05, 4.69) is 24.9 Å². The van der Waals surface area contributed by atoms with Crippen LogP contribution in [-0.2, 0) is 21.2 Å². The number of benzene rings is 2. The van der Waals surface area contributed by atoms with E-state index in [9.17, 15) is 23.4 Å². The Kier molecular flexibility index (Phi) is 25.8. The Balaban J connectivity index is 0. The van der Waals surface area contributed by atoms with Gasteiger partial charge in [-0.3, -0.25) is 0 Å². The lowest BCUT2D eigenvalue weighted by atomic mass is 10.0. The zero-order valence-corrected chi connectivity index (χ0v) is 29.2. The highest BCUT2D eigenvalue weighted by atomic mass is 32.2. The van der Waals surface area contributed by atoms with Crippen LogP contribution in [0.2, 0.25) is 0 Å². The third kappa shape index (κ3) is 18.5. The van der Waals surface area contributed by atoms with Gasteiger partial charge in [-0.05, 0) is 67.7 Å². The number of thiol groups is 1. The fraction of sp³-hybridized carbons (Fsp3) is 0.594. The first-order valence-corrected chi connectivity index (χ1v) is 17.5. The highest BCUT2D eigenvalue weighted by Gasteiger charge is 2.31. The molecule has 4 atom stereocenters. The van der Waals surface area contributed by atoms with Crippen molar-refractivity contribution >= 4 is 34.4 Å². The molecule has 2 aromatic carbocycles. The monoisotopic (exact) mass is 659 g/mol. The molecule has 3 rings (SSSR count). The van der Waals surface area contributed by atoms with E-state index in [1.54, 1.807) is 13.2 Å². The molecule has 6 N–H and O–H groups in total. The van der Waals surface area contributed by atoms with Crippen molar-refractivity contribution in [2.45, 2.75) is 77.8 Å². The van der Waals surface area contributed by atoms with Crippen molar-refractivity contribution < 1.29 is 33.3 Å². The van der Waals surface area contributed by atoms with Crippen molar-refractivity contribution in [2.24, 2.45) is 11.8 Å². The number of ether oxygens (including phenoxy) is 1. The average Bonchev–Trinajstić information content (AvgIpc) is 3.50. The van der Waals surface area contributed by atoms with Crippen molar-refractivity contribution in [1.29, 1.82) is 0 Å². The lowest BCUT2D eigenvalue weighted by Gasteiger charge is -2.30. The van der Waals surface area contributed by atoms with Crippen molar-refractivity contribution in [1.82, 2.24) is 9.62 Å². The van der Waals surface area contributed by atoms with Gasteiger partial charge in [0.2, 0.25) is 10.0 Å². The van der Waals surface area contributed by atoms with Crippen LogP contribution in [0, 0.1) is 11.8 Å². The van der Waals surface area contributed by atoms with Crippen molar-refractivity contribution in [2.75, 3.05) is 44.9 Å². The fourth-order valence-electron chi connectivity index (χ4n) is 3.83. The maximum atomic E-state index is 13.3. The molecule has 0 aliphatic carbocycles. The third-order valence-corrected chi connectivity index (χ3v) is 8.20. The van der Waals surface area contributed by atoms with E-state index in [4.69, 9.17) is 15.6 Å². The van der Waals surface area contributed by atoms with Gasteiger partial charge < -0.3 is 31.1 Å². The number of hydrogen-bond acceptors (Lipinski definition) is 8. The first-order valence-electron chi connectivity index (χ1n) is 15.1. The van der Waals surface area contributed by atoms with Crippen LogP contribution in [0.15, 0.2) is 59.5 Å². The van der Waals surface area contributed by atoms with Gasteiger partial charge in [-0.15, -0.1) is 0 Å². The number of nitrogens with zero attached hydrogens (tertiary/aromatic N) is 1. The number of rotatable bonds is 11. The summed E-state index contributed by atoms with van der Waals surface area (Å²) in [5, 5.41) is 30.0. The normalized spacial score (nSPS) is 15.8. The zero-order valence-electron chi connectivity index (χ0n) is 27.5. The molecule has 1 aliphatic heterocycles. The predicted octanol–water partition coefficient (Wildman–Crippen LogP) is 5.16. The van der Waals surface area contributed by atoms with Crippen molar-refractivity contribution in [3.8, 4) is 0 Å². The van der Waals surface area contributed by atoms with E-state index in [-0.39, 0.29) is 36.9 Å². The predicted molar refractivity (Wildman–Crippen MR) is 184 cm³/mol. The largest absolute Gasteiger partial charge is 0.465 e. The topological polar surface area (TPSA) is 162 Å². The number of aliphatic hydroxyl groups is 2. The van der Waals surface area contributed by atoms with E-state index in [1.807, 2.05) is 58.0 Å². The maximum Gasteiger partial charge on any atom is 0.404 e. The molecule has 44 heavy (non-hydrogen) atoms. The van der Waals surface area contributed by atoms with Crippen molar-refractivity contribution in [3.63, 3.8) is 0 Å². The second-order valence-electron chi connectivity index (χ2n) is 10.0. The third-order valence-electron chi connectivity index (χ3n) is 6.35. The highest BCUT2D eigenvalue weighted by molar-refractivity contribution is 7.89. The molecule has 1 heterocycles. The number of anilines is 1. The molecule has 2 aromatic rings. The van der Waals surface area contributed by atoms with Crippen LogP contribution < -0.4 is 11.1 Å². The first kappa shape index (κ1) is 43.8. The Hall–Kier alpha value is -2.35. The molecule has 1 amide bonds. The summed E-state index contributed by atoms with van der Waals surface area (Å²) >= 11 is 3.53. The van der Waals surface area contributed by atoms with E-state index in [1.165, 1.54) is 35.0 Å². The number of carbonyl (C=O) groups is 1. The number of aliphatic hydroxyl groups excluding tert-OH is 2. The Bertz CT molecular complexity index is 1070. The van der Waals surface area contributed by atoms with Gasteiger partial charge in [0.1, 0.15) is 0 Å². The minimum absolute atomic E-state index is 0.0516. The number of nitrogen functional groups attached to an aromatic ring is 1.